The first-order chi connectivity index (χ1) is 10.8. The average molecular weight is 338 g/mol. The number of halogens is 4. The smallest absolute Gasteiger partial charge is 0.339 e. The molecule has 118 valence electrons. The summed E-state index contributed by atoms with van der Waals surface area (Å²) in [5.74, 6) is -1.07. The Hall–Kier alpha value is -2.34. The van der Waals surface area contributed by atoms with Gasteiger partial charge in [-0.05, 0) is 42.8 Å². The highest BCUT2D eigenvalue weighted by Gasteiger charge is 2.35. The van der Waals surface area contributed by atoms with Crippen molar-refractivity contribution in [2.45, 2.75) is 13.1 Å². The van der Waals surface area contributed by atoms with Crippen molar-refractivity contribution >= 4 is 34.0 Å². The molecular weight excluding hydrogens is 327 g/mol. The van der Waals surface area contributed by atoms with Gasteiger partial charge in [0.25, 0.3) is 0 Å². The quantitative estimate of drug-likeness (QED) is 0.684. The molecule has 0 bridgehead atoms. The van der Waals surface area contributed by atoms with Crippen molar-refractivity contribution < 1.29 is 13.2 Å². The van der Waals surface area contributed by atoms with Crippen molar-refractivity contribution in [3.63, 3.8) is 0 Å². The molecule has 0 unspecified atom stereocenters. The van der Waals surface area contributed by atoms with E-state index in [2.05, 4.69) is 15.3 Å². The van der Waals surface area contributed by atoms with Crippen LogP contribution in [0.2, 0.25) is 5.02 Å². The van der Waals surface area contributed by atoms with E-state index in [4.69, 9.17) is 11.6 Å². The van der Waals surface area contributed by atoms with E-state index in [0.717, 1.165) is 5.56 Å². The summed E-state index contributed by atoms with van der Waals surface area (Å²) < 4.78 is 39.0. The van der Waals surface area contributed by atoms with Crippen LogP contribution in [0.15, 0.2) is 42.5 Å². The van der Waals surface area contributed by atoms with Crippen molar-refractivity contribution in [2.24, 2.45) is 0 Å². The van der Waals surface area contributed by atoms with E-state index in [1.54, 1.807) is 36.4 Å². The molecule has 0 atom stereocenters. The molecule has 0 fully saturated rings. The normalized spacial score (nSPS) is 11.7. The molecule has 1 heterocycles. The summed E-state index contributed by atoms with van der Waals surface area (Å²) in [6, 6.07) is 11.6. The number of anilines is 2. The van der Waals surface area contributed by atoms with E-state index in [-0.39, 0.29) is 11.3 Å². The SMILES string of the molecule is Cc1cc(Cl)ccc1Nc1nc(C(F)(F)F)nc2ccccc12. The number of nitrogens with zero attached hydrogens (tertiary/aromatic N) is 2. The van der Waals surface area contributed by atoms with Gasteiger partial charge in [0.1, 0.15) is 5.82 Å². The van der Waals surface area contributed by atoms with Gasteiger partial charge >= 0.3 is 6.18 Å². The molecular formula is C16H11ClF3N3. The van der Waals surface area contributed by atoms with Gasteiger partial charge in [-0.1, -0.05) is 23.7 Å². The lowest BCUT2D eigenvalue weighted by Gasteiger charge is -2.13. The molecule has 0 amide bonds. The molecule has 0 radical (unpaired) electrons. The number of hydrogen-bond donors (Lipinski definition) is 1. The predicted molar refractivity (Wildman–Crippen MR) is 84.0 cm³/mol. The second-order valence-electron chi connectivity index (χ2n) is 4.99. The monoisotopic (exact) mass is 337 g/mol. The lowest BCUT2D eigenvalue weighted by atomic mass is 10.2. The molecule has 7 heteroatoms. The maximum atomic E-state index is 13.0. The first-order valence-electron chi connectivity index (χ1n) is 6.72. The van der Waals surface area contributed by atoms with Crippen LogP contribution in [-0.2, 0) is 6.18 Å². The van der Waals surface area contributed by atoms with E-state index in [1.165, 1.54) is 6.07 Å². The van der Waals surface area contributed by atoms with Crippen LogP contribution in [0, 0.1) is 6.92 Å². The lowest BCUT2D eigenvalue weighted by Crippen LogP contribution is -2.12. The van der Waals surface area contributed by atoms with Crippen LogP contribution in [0.25, 0.3) is 10.9 Å². The Balaban J connectivity index is 2.15. The summed E-state index contributed by atoms with van der Waals surface area (Å²) in [5, 5.41) is 4.01. The van der Waals surface area contributed by atoms with Crippen LogP contribution in [0.4, 0.5) is 24.7 Å². The molecule has 3 rings (SSSR count). The first-order valence-corrected chi connectivity index (χ1v) is 7.09. The van der Waals surface area contributed by atoms with Crippen molar-refractivity contribution in [3.8, 4) is 0 Å². The van der Waals surface area contributed by atoms with Crippen LogP contribution >= 0.6 is 11.6 Å². The zero-order chi connectivity index (χ0) is 16.6. The third-order valence-electron chi connectivity index (χ3n) is 3.30. The zero-order valence-corrected chi connectivity index (χ0v) is 12.7. The number of hydrogen-bond acceptors (Lipinski definition) is 3. The van der Waals surface area contributed by atoms with E-state index < -0.39 is 12.0 Å². The maximum Gasteiger partial charge on any atom is 0.451 e. The van der Waals surface area contributed by atoms with Crippen LogP contribution in [-0.4, -0.2) is 9.97 Å². The Morgan fingerprint density at radius 3 is 2.48 bits per heavy atom. The Morgan fingerprint density at radius 1 is 1.04 bits per heavy atom. The molecule has 0 aliphatic carbocycles. The molecule has 0 saturated heterocycles. The first kappa shape index (κ1) is 15.6. The largest absolute Gasteiger partial charge is 0.451 e. The second-order valence-corrected chi connectivity index (χ2v) is 5.43. The van der Waals surface area contributed by atoms with Crippen molar-refractivity contribution in [2.75, 3.05) is 5.32 Å². The number of para-hydroxylation sites is 1. The number of aryl methyl sites for hydroxylation is 1. The van der Waals surface area contributed by atoms with Crippen LogP contribution in [0.1, 0.15) is 11.4 Å². The topological polar surface area (TPSA) is 37.8 Å². The van der Waals surface area contributed by atoms with Crippen LogP contribution in [0.3, 0.4) is 0 Å². The molecule has 0 saturated carbocycles. The van der Waals surface area contributed by atoms with Gasteiger partial charge in [-0.25, -0.2) is 9.97 Å². The van der Waals surface area contributed by atoms with Gasteiger partial charge in [-0.15, -0.1) is 0 Å². The maximum absolute atomic E-state index is 13.0. The molecule has 3 aromatic rings. The van der Waals surface area contributed by atoms with Crippen LogP contribution in [0.5, 0.6) is 0 Å². The van der Waals surface area contributed by atoms with E-state index in [0.29, 0.717) is 16.1 Å². The summed E-state index contributed by atoms with van der Waals surface area (Å²) in [4.78, 5) is 7.24. The second kappa shape index (κ2) is 5.70. The minimum Gasteiger partial charge on any atom is -0.339 e. The zero-order valence-electron chi connectivity index (χ0n) is 11.9. The van der Waals surface area contributed by atoms with Crippen molar-refractivity contribution in [3.05, 3.63) is 58.9 Å². The lowest BCUT2D eigenvalue weighted by molar-refractivity contribution is -0.144. The van der Waals surface area contributed by atoms with Gasteiger partial charge in [0.15, 0.2) is 0 Å². The third kappa shape index (κ3) is 3.22. The van der Waals surface area contributed by atoms with Crippen LogP contribution < -0.4 is 5.32 Å². The van der Waals surface area contributed by atoms with E-state index >= 15 is 0 Å². The molecule has 1 aromatic heterocycles. The number of alkyl halides is 3. The molecule has 2 aromatic carbocycles. The minimum atomic E-state index is -4.62. The third-order valence-corrected chi connectivity index (χ3v) is 3.53. The molecule has 23 heavy (non-hydrogen) atoms. The summed E-state index contributed by atoms with van der Waals surface area (Å²) >= 11 is 5.90. The Bertz CT molecular complexity index is 878. The summed E-state index contributed by atoms with van der Waals surface area (Å²) in [6.07, 6.45) is -4.62. The predicted octanol–water partition coefficient (Wildman–Crippen LogP) is 5.35. The molecule has 3 nitrogen and oxygen atoms in total. The van der Waals surface area contributed by atoms with Gasteiger partial charge in [0.2, 0.25) is 5.82 Å². The Morgan fingerprint density at radius 2 is 1.78 bits per heavy atom. The van der Waals surface area contributed by atoms with Crippen molar-refractivity contribution in [1.82, 2.24) is 9.97 Å². The minimum absolute atomic E-state index is 0.105. The fourth-order valence-electron chi connectivity index (χ4n) is 2.19. The standard InChI is InChI=1S/C16H11ClF3N3/c1-9-8-10(17)6-7-12(9)21-14-11-4-2-3-5-13(11)22-15(23-14)16(18,19)20/h2-8H,1H3,(H,21,22,23). The fourth-order valence-corrected chi connectivity index (χ4v) is 2.42. The van der Waals surface area contributed by atoms with Gasteiger partial charge in [0, 0.05) is 16.1 Å². The molecule has 0 spiro atoms. The summed E-state index contributed by atoms with van der Waals surface area (Å²) in [6.45, 7) is 1.81. The van der Waals surface area contributed by atoms with E-state index in [1.807, 2.05) is 6.92 Å². The van der Waals surface area contributed by atoms with Gasteiger partial charge in [0.05, 0.1) is 5.52 Å². The Kier molecular flexibility index (Phi) is 3.85. The highest BCUT2D eigenvalue weighted by atomic mass is 35.5. The number of fused-ring (bicyclic) bond motifs is 1. The molecule has 0 aliphatic heterocycles. The fraction of sp³-hybridized carbons (Fsp3) is 0.125. The number of aromatic nitrogens is 2. The summed E-state index contributed by atoms with van der Waals surface area (Å²) in [7, 11) is 0. The van der Waals surface area contributed by atoms with E-state index in [9.17, 15) is 13.2 Å². The highest BCUT2D eigenvalue weighted by Crippen LogP contribution is 2.32. The van der Waals surface area contributed by atoms with Crippen molar-refractivity contribution in [1.29, 1.82) is 0 Å². The van der Waals surface area contributed by atoms with Gasteiger partial charge in [-0.2, -0.15) is 13.2 Å². The van der Waals surface area contributed by atoms with Gasteiger partial charge < -0.3 is 5.32 Å². The van der Waals surface area contributed by atoms with Gasteiger partial charge in [-0.3, -0.25) is 0 Å². The Labute approximate surface area is 135 Å². The average Bonchev–Trinajstić information content (AvgIpc) is 2.49. The number of rotatable bonds is 2. The molecule has 1 N–H and O–H groups in total. The highest BCUT2D eigenvalue weighted by molar-refractivity contribution is 6.30. The number of benzene rings is 2. The number of nitrogens with one attached hydrogen (secondary N) is 1. The summed E-state index contributed by atoms with van der Waals surface area (Å²) in [5.41, 5.74) is 1.66. The molecule has 0 aliphatic rings.